The summed E-state index contributed by atoms with van der Waals surface area (Å²) in [5, 5.41) is 11.7. The number of ketones is 1. The third-order valence-electron chi connectivity index (χ3n) is 6.30. The normalized spacial score (nSPS) is 18.4. The summed E-state index contributed by atoms with van der Waals surface area (Å²) < 4.78 is 0. The van der Waals surface area contributed by atoms with E-state index in [1.807, 2.05) is 24.3 Å². The second-order valence-electron chi connectivity index (χ2n) is 9.40. The lowest BCUT2D eigenvalue weighted by molar-refractivity contribution is -0.140. The number of hydrogen-bond acceptors (Lipinski definition) is 4. The zero-order chi connectivity index (χ0) is 24.3. The van der Waals surface area contributed by atoms with Gasteiger partial charge in [-0.05, 0) is 53.9 Å². The van der Waals surface area contributed by atoms with Gasteiger partial charge in [0, 0.05) is 23.7 Å². The number of nitrogens with zero attached hydrogens (tertiary/aromatic N) is 2. The van der Waals surface area contributed by atoms with E-state index in [2.05, 4.69) is 39.5 Å². The molecule has 1 saturated heterocycles. The molecule has 3 rings (SSSR count). The Bertz CT molecular complexity index is 1030. The molecule has 1 aliphatic rings. The number of Topliss-reactive ketones (excluding diaryl/α,β-unsaturated/α-hetero) is 1. The summed E-state index contributed by atoms with van der Waals surface area (Å²) in [6, 6.07) is 13.9. The Labute approximate surface area is 201 Å². The van der Waals surface area contributed by atoms with Crippen molar-refractivity contribution in [2.24, 2.45) is 0 Å². The molecule has 1 fully saturated rings. The van der Waals surface area contributed by atoms with Crippen LogP contribution in [0.3, 0.4) is 0 Å². The van der Waals surface area contributed by atoms with Crippen LogP contribution >= 0.6 is 11.6 Å². The van der Waals surface area contributed by atoms with Gasteiger partial charge in [-0.1, -0.05) is 70.5 Å². The first kappa shape index (κ1) is 25.0. The molecule has 0 aliphatic carbocycles. The second-order valence-corrected chi connectivity index (χ2v) is 9.83. The molecule has 1 N–H and O–H groups in total. The topological polar surface area (TPSA) is 60.9 Å². The van der Waals surface area contributed by atoms with Gasteiger partial charge in [-0.2, -0.15) is 0 Å². The molecule has 33 heavy (non-hydrogen) atoms. The lowest BCUT2D eigenvalue weighted by Gasteiger charge is -2.28. The number of benzene rings is 2. The number of likely N-dealkylation sites (tertiary alicyclic amines) is 1. The zero-order valence-electron chi connectivity index (χ0n) is 20.1. The maximum absolute atomic E-state index is 13.1. The standard InChI is InChI=1S/C27H33ClN2O3/c1-6-29(7-2)16-17-30-23(18-8-12-20(13-9-18)27(3,4)5)22(25(32)26(30)33)24(31)19-10-14-21(28)15-11-19/h8-15,23,31H,6-7,16-17H2,1-5H3/t23-/m0/s1. The van der Waals surface area contributed by atoms with Gasteiger partial charge in [-0.15, -0.1) is 0 Å². The first-order valence-electron chi connectivity index (χ1n) is 11.5. The Balaban J connectivity index is 2.10. The Morgan fingerprint density at radius 2 is 1.58 bits per heavy atom. The van der Waals surface area contributed by atoms with Crippen LogP contribution in [0, 0.1) is 0 Å². The van der Waals surface area contributed by atoms with E-state index in [0.717, 1.165) is 24.2 Å². The molecule has 2 aromatic carbocycles. The monoisotopic (exact) mass is 468 g/mol. The van der Waals surface area contributed by atoms with Gasteiger partial charge in [-0.25, -0.2) is 0 Å². The van der Waals surface area contributed by atoms with E-state index in [0.29, 0.717) is 23.7 Å². The first-order chi connectivity index (χ1) is 15.6. The fourth-order valence-corrected chi connectivity index (χ4v) is 4.30. The summed E-state index contributed by atoms with van der Waals surface area (Å²) >= 11 is 5.99. The van der Waals surface area contributed by atoms with Crippen LogP contribution in [0.15, 0.2) is 54.1 Å². The van der Waals surface area contributed by atoms with E-state index < -0.39 is 17.7 Å². The predicted octanol–water partition coefficient (Wildman–Crippen LogP) is 5.40. The molecule has 1 amide bonds. The Morgan fingerprint density at radius 3 is 2.09 bits per heavy atom. The summed E-state index contributed by atoms with van der Waals surface area (Å²) in [5.74, 6) is -1.42. The minimum absolute atomic E-state index is 0.0214. The van der Waals surface area contributed by atoms with Gasteiger partial charge in [0.25, 0.3) is 11.7 Å². The highest BCUT2D eigenvalue weighted by molar-refractivity contribution is 6.46. The van der Waals surface area contributed by atoms with E-state index in [9.17, 15) is 14.7 Å². The van der Waals surface area contributed by atoms with Gasteiger partial charge in [0.1, 0.15) is 5.76 Å². The maximum atomic E-state index is 13.1. The van der Waals surface area contributed by atoms with E-state index >= 15 is 0 Å². The fourth-order valence-electron chi connectivity index (χ4n) is 4.17. The fraction of sp³-hybridized carbons (Fsp3) is 0.407. The molecule has 1 atom stereocenters. The van der Waals surface area contributed by atoms with E-state index in [1.165, 1.54) is 0 Å². The lowest BCUT2D eigenvalue weighted by atomic mass is 9.85. The molecule has 2 aromatic rings. The van der Waals surface area contributed by atoms with Gasteiger partial charge in [0.05, 0.1) is 11.6 Å². The van der Waals surface area contributed by atoms with Crippen LogP contribution in [-0.2, 0) is 15.0 Å². The van der Waals surface area contributed by atoms with Crippen LogP contribution in [0.5, 0.6) is 0 Å². The Hall–Kier alpha value is -2.63. The van der Waals surface area contributed by atoms with E-state index in [-0.39, 0.29) is 16.7 Å². The number of carbonyl (C=O) groups excluding carboxylic acids is 2. The van der Waals surface area contributed by atoms with Crippen LogP contribution in [0.4, 0.5) is 0 Å². The number of amides is 1. The molecule has 176 valence electrons. The number of hydrogen-bond donors (Lipinski definition) is 1. The smallest absolute Gasteiger partial charge is 0.295 e. The Kier molecular flexibility index (Phi) is 7.65. The zero-order valence-corrected chi connectivity index (χ0v) is 20.8. The van der Waals surface area contributed by atoms with Gasteiger partial charge in [0.2, 0.25) is 0 Å². The van der Waals surface area contributed by atoms with Crippen molar-refractivity contribution in [2.45, 2.75) is 46.1 Å². The molecule has 0 bridgehead atoms. The minimum Gasteiger partial charge on any atom is -0.507 e. The molecule has 1 aliphatic heterocycles. The summed E-state index contributed by atoms with van der Waals surface area (Å²) in [6.45, 7) is 13.3. The van der Waals surface area contributed by atoms with Crippen molar-refractivity contribution < 1.29 is 14.7 Å². The maximum Gasteiger partial charge on any atom is 0.295 e. The number of halogens is 1. The van der Waals surface area contributed by atoms with Crippen LogP contribution in [0.25, 0.3) is 5.76 Å². The molecule has 0 unspecified atom stereocenters. The number of aliphatic hydroxyl groups excluding tert-OH is 1. The highest BCUT2D eigenvalue weighted by atomic mass is 35.5. The van der Waals surface area contributed by atoms with Gasteiger partial charge in [-0.3, -0.25) is 9.59 Å². The lowest BCUT2D eigenvalue weighted by Crippen LogP contribution is -2.38. The molecule has 6 heteroatoms. The quantitative estimate of drug-likeness (QED) is 0.335. The average Bonchev–Trinajstić information content (AvgIpc) is 3.04. The van der Waals surface area contributed by atoms with Gasteiger partial charge >= 0.3 is 0 Å². The summed E-state index contributed by atoms with van der Waals surface area (Å²) in [6.07, 6.45) is 0. The van der Waals surface area contributed by atoms with Crippen LogP contribution < -0.4 is 0 Å². The summed E-state index contributed by atoms with van der Waals surface area (Å²) in [5.41, 5.74) is 2.51. The van der Waals surface area contributed by atoms with Crippen molar-refractivity contribution in [3.05, 3.63) is 75.8 Å². The number of rotatable bonds is 7. The first-order valence-corrected chi connectivity index (χ1v) is 11.8. The predicted molar refractivity (Wildman–Crippen MR) is 133 cm³/mol. The molecule has 0 aromatic heterocycles. The molecule has 0 saturated carbocycles. The van der Waals surface area contributed by atoms with Crippen molar-refractivity contribution in [3.8, 4) is 0 Å². The van der Waals surface area contributed by atoms with Crippen LogP contribution in [0.1, 0.15) is 57.4 Å². The molecule has 1 heterocycles. The van der Waals surface area contributed by atoms with E-state index in [1.54, 1.807) is 29.2 Å². The molecule has 0 radical (unpaired) electrons. The summed E-state index contributed by atoms with van der Waals surface area (Å²) in [4.78, 5) is 30.0. The minimum atomic E-state index is -0.660. The van der Waals surface area contributed by atoms with E-state index in [4.69, 9.17) is 11.6 Å². The van der Waals surface area contributed by atoms with Crippen LogP contribution in [-0.4, -0.2) is 52.8 Å². The highest BCUT2D eigenvalue weighted by Crippen LogP contribution is 2.40. The van der Waals surface area contributed by atoms with Crippen molar-refractivity contribution in [3.63, 3.8) is 0 Å². The van der Waals surface area contributed by atoms with Crippen molar-refractivity contribution in [2.75, 3.05) is 26.2 Å². The SMILES string of the molecule is CCN(CC)CCN1C(=O)C(=O)C(=C(O)c2ccc(Cl)cc2)[C@@H]1c1ccc(C(C)(C)C)cc1. The number of aliphatic hydroxyl groups is 1. The largest absolute Gasteiger partial charge is 0.507 e. The third kappa shape index (κ3) is 5.31. The second kappa shape index (κ2) is 10.1. The number of carbonyl (C=O) groups is 2. The van der Waals surface area contributed by atoms with Crippen molar-refractivity contribution in [1.82, 2.24) is 9.80 Å². The Morgan fingerprint density at radius 1 is 1.00 bits per heavy atom. The highest BCUT2D eigenvalue weighted by Gasteiger charge is 2.46. The molecular weight excluding hydrogens is 436 g/mol. The molecule has 0 spiro atoms. The average molecular weight is 469 g/mol. The van der Waals surface area contributed by atoms with Crippen LogP contribution in [0.2, 0.25) is 5.02 Å². The summed E-state index contributed by atoms with van der Waals surface area (Å²) in [7, 11) is 0. The molecule has 5 nitrogen and oxygen atoms in total. The third-order valence-corrected chi connectivity index (χ3v) is 6.55. The van der Waals surface area contributed by atoms with Crippen molar-refractivity contribution in [1.29, 1.82) is 0 Å². The van der Waals surface area contributed by atoms with Crippen molar-refractivity contribution >= 4 is 29.1 Å². The number of likely N-dealkylation sites (N-methyl/N-ethyl adjacent to an activating group) is 1. The van der Waals surface area contributed by atoms with Gasteiger partial charge < -0.3 is 14.9 Å². The molecular formula is C27H33ClN2O3. The van der Waals surface area contributed by atoms with Gasteiger partial charge in [0.15, 0.2) is 0 Å².